The molecule has 3 aromatic carbocycles. The number of rotatable bonds is 30. The normalized spacial score (nSPS) is 13.4. The minimum absolute atomic E-state index is 0.0568. The van der Waals surface area contributed by atoms with E-state index < -0.39 is 107 Å². The highest BCUT2D eigenvalue weighted by molar-refractivity contribution is 6.53. The highest BCUT2D eigenvalue weighted by atomic mass is 35.5. The number of aliphatic imine (C=N–C) groups is 2. The van der Waals surface area contributed by atoms with Crippen LogP contribution in [0.2, 0.25) is 0 Å². The largest absolute Gasteiger partial charge is 0.480 e. The molecule has 0 spiro atoms. The summed E-state index contributed by atoms with van der Waals surface area (Å²) in [6.07, 6.45) is -2.56. The second-order valence-corrected chi connectivity index (χ2v) is 16.9. The van der Waals surface area contributed by atoms with Gasteiger partial charge in [-0.2, -0.15) is 0 Å². The van der Waals surface area contributed by atoms with Gasteiger partial charge in [0.15, 0.2) is 16.8 Å². The van der Waals surface area contributed by atoms with Crippen molar-refractivity contribution in [2.45, 2.75) is 92.5 Å². The molecule has 3 rings (SSSR count). The van der Waals surface area contributed by atoms with Gasteiger partial charge < -0.3 is 64.5 Å². The molecule has 5 amide bonds. The maximum Gasteiger partial charge on any atom is 0.326 e. The number of nitro groups is 1. The number of aliphatic hydroxyl groups excluding tert-OH is 1. The molecule has 6 atom stereocenters. The van der Waals surface area contributed by atoms with Crippen LogP contribution in [0.3, 0.4) is 0 Å². The number of carbonyl (C=O) groups excluding carboxylic acids is 6. The summed E-state index contributed by atoms with van der Waals surface area (Å²) >= 11 is 11.3. The molecule has 3 aromatic rings. The first-order valence-corrected chi connectivity index (χ1v) is 22.9. The van der Waals surface area contributed by atoms with Gasteiger partial charge in [0, 0.05) is 44.5 Å². The molecule has 71 heavy (non-hydrogen) atoms. The van der Waals surface area contributed by atoms with Gasteiger partial charge in [-0.1, -0.05) is 83.9 Å². The number of aliphatic hydroxyl groups is 1. The lowest BCUT2D eigenvalue weighted by Gasteiger charge is -2.26. The number of non-ortho nitro benzene ring substituents is 1. The van der Waals surface area contributed by atoms with Gasteiger partial charge in [-0.15, -0.1) is 0 Å². The van der Waals surface area contributed by atoms with Gasteiger partial charge in [0.25, 0.3) is 11.6 Å². The summed E-state index contributed by atoms with van der Waals surface area (Å²) in [5.74, 6) is -6.95. The summed E-state index contributed by atoms with van der Waals surface area (Å²) in [6, 6.07) is 15.0. The molecule has 0 heterocycles. The van der Waals surface area contributed by atoms with Gasteiger partial charge in [0.1, 0.15) is 36.9 Å². The third kappa shape index (κ3) is 21.7. The zero-order chi connectivity index (χ0) is 52.5. The number of nitrogens with zero attached hydrogens (tertiary/aromatic N) is 3. The SMILES string of the molecule is NC(N)=NCCC[C@@H](NC(=O)[C@@H](CCCN=C(N)N)NC(=O)[C@@H](Cc1ccccc1)NC(=O)[C@@H](Cc1ccccc1)NC(=O)CCC(=O)OC[C@@H](NC(=O)C(Cl)Cl)[C@H](O)c1ccc([N+](=O)[O-])cc1)C(=O)O. The van der Waals surface area contributed by atoms with E-state index in [1.807, 2.05) is 0 Å². The number of hydrogen-bond acceptors (Lipinski definition) is 13. The third-order valence-electron chi connectivity index (χ3n) is 10.3. The van der Waals surface area contributed by atoms with Crippen molar-refractivity contribution in [3.63, 3.8) is 0 Å². The number of hydrogen-bond donors (Lipinski definition) is 11. The highest BCUT2D eigenvalue weighted by Gasteiger charge is 2.32. The van der Waals surface area contributed by atoms with Gasteiger partial charge in [0.05, 0.1) is 17.4 Å². The molecule has 384 valence electrons. The minimum atomic E-state index is -1.57. The Kier molecular flexibility index (Phi) is 24.5. The quantitative estimate of drug-likeness (QED) is 0.00787. The molecule has 0 radical (unpaired) electrons. The van der Waals surface area contributed by atoms with E-state index in [1.54, 1.807) is 60.7 Å². The number of nitrogens with two attached hydrogens (primary N) is 4. The van der Waals surface area contributed by atoms with E-state index in [0.29, 0.717) is 11.1 Å². The second kappa shape index (κ2) is 30.1. The summed E-state index contributed by atoms with van der Waals surface area (Å²) in [6.45, 7) is -0.495. The van der Waals surface area contributed by atoms with E-state index >= 15 is 0 Å². The number of amides is 5. The van der Waals surface area contributed by atoms with Crippen LogP contribution in [0.25, 0.3) is 0 Å². The predicted octanol–water partition coefficient (Wildman–Crippen LogP) is -0.143. The third-order valence-corrected chi connectivity index (χ3v) is 10.7. The molecule has 26 heteroatoms. The number of carboxylic acid groups (broad SMARTS) is 1. The van der Waals surface area contributed by atoms with Crippen molar-refractivity contribution in [2.24, 2.45) is 32.9 Å². The number of benzene rings is 3. The van der Waals surface area contributed by atoms with Crippen LogP contribution in [0, 0.1) is 10.1 Å². The molecule has 24 nitrogen and oxygen atoms in total. The van der Waals surface area contributed by atoms with Crippen molar-refractivity contribution in [1.29, 1.82) is 0 Å². The molecule has 0 aliphatic carbocycles. The maximum atomic E-state index is 14.2. The van der Waals surface area contributed by atoms with Crippen LogP contribution in [0.4, 0.5) is 5.69 Å². The number of alkyl halides is 2. The number of carbonyl (C=O) groups is 7. The molecule has 0 unspecified atom stereocenters. The zero-order valence-corrected chi connectivity index (χ0v) is 39.8. The van der Waals surface area contributed by atoms with Crippen molar-refractivity contribution in [3.05, 3.63) is 112 Å². The maximum absolute atomic E-state index is 14.2. The Morgan fingerprint density at radius 3 is 1.58 bits per heavy atom. The molecule has 0 saturated heterocycles. The fourth-order valence-corrected chi connectivity index (χ4v) is 6.81. The second-order valence-electron chi connectivity index (χ2n) is 15.8. The van der Waals surface area contributed by atoms with Crippen molar-refractivity contribution < 1.29 is 53.4 Å². The number of aliphatic carboxylic acids is 1. The molecule has 0 saturated carbocycles. The summed E-state index contributed by atoms with van der Waals surface area (Å²) in [7, 11) is 0. The predicted molar refractivity (Wildman–Crippen MR) is 261 cm³/mol. The van der Waals surface area contributed by atoms with Crippen molar-refractivity contribution in [3.8, 4) is 0 Å². The fraction of sp³-hybridized carbons (Fsp3) is 0.400. The van der Waals surface area contributed by atoms with E-state index in [1.165, 1.54) is 12.1 Å². The van der Waals surface area contributed by atoms with Crippen molar-refractivity contribution >= 4 is 82.3 Å². The average molecular weight is 1030 g/mol. The Bertz CT molecular complexity index is 2320. The number of guanidine groups is 2. The summed E-state index contributed by atoms with van der Waals surface area (Å²) in [5.41, 5.74) is 22.7. The van der Waals surface area contributed by atoms with Crippen LogP contribution in [0.5, 0.6) is 0 Å². The van der Waals surface area contributed by atoms with Crippen molar-refractivity contribution in [1.82, 2.24) is 26.6 Å². The van der Waals surface area contributed by atoms with Crippen LogP contribution < -0.4 is 49.5 Å². The number of ether oxygens (including phenoxy) is 1. The summed E-state index contributed by atoms with van der Waals surface area (Å²) in [5, 5.41) is 44.7. The molecular weight excluding hydrogens is 971 g/mol. The molecule has 0 aliphatic rings. The van der Waals surface area contributed by atoms with E-state index in [4.69, 9.17) is 50.9 Å². The number of nitro benzene ring substituents is 1. The topological polar surface area (TPSA) is 401 Å². The van der Waals surface area contributed by atoms with Crippen LogP contribution >= 0.6 is 23.2 Å². The Morgan fingerprint density at radius 2 is 1.10 bits per heavy atom. The Balaban J connectivity index is 1.81. The first kappa shape index (κ1) is 57.7. The first-order valence-electron chi connectivity index (χ1n) is 22.0. The van der Waals surface area contributed by atoms with E-state index in [2.05, 4.69) is 36.6 Å². The Morgan fingerprint density at radius 1 is 0.634 bits per heavy atom. The van der Waals surface area contributed by atoms with E-state index in [0.717, 1.165) is 12.1 Å². The van der Waals surface area contributed by atoms with Gasteiger partial charge in [-0.05, 0) is 54.5 Å². The van der Waals surface area contributed by atoms with E-state index in [9.17, 15) is 53.9 Å². The molecular formula is C45H58Cl2N12O12. The average Bonchev–Trinajstić information content (AvgIpc) is 3.33. The number of halogens is 2. The van der Waals surface area contributed by atoms with Gasteiger partial charge >= 0.3 is 11.9 Å². The summed E-state index contributed by atoms with van der Waals surface area (Å²) < 4.78 is 5.28. The highest BCUT2D eigenvalue weighted by Crippen LogP contribution is 2.22. The lowest BCUT2D eigenvalue weighted by atomic mass is 10.0. The van der Waals surface area contributed by atoms with Crippen LogP contribution in [0.1, 0.15) is 61.3 Å². The Hall–Kier alpha value is -7.57. The number of nitrogens with one attached hydrogen (secondary N) is 5. The number of esters is 1. The van der Waals surface area contributed by atoms with Gasteiger partial charge in [-0.25, -0.2) is 4.79 Å². The minimum Gasteiger partial charge on any atom is -0.480 e. The molecule has 0 aromatic heterocycles. The Labute approximate surface area is 417 Å². The van der Waals surface area contributed by atoms with Crippen LogP contribution in [0.15, 0.2) is 94.9 Å². The monoisotopic (exact) mass is 1030 g/mol. The smallest absolute Gasteiger partial charge is 0.326 e. The fourth-order valence-electron chi connectivity index (χ4n) is 6.69. The molecule has 15 N–H and O–H groups in total. The number of carboxylic acids is 1. The van der Waals surface area contributed by atoms with Gasteiger partial charge in [-0.3, -0.25) is 48.9 Å². The van der Waals surface area contributed by atoms with Crippen molar-refractivity contribution in [2.75, 3.05) is 19.7 Å². The molecule has 0 bridgehead atoms. The lowest BCUT2D eigenvalue weighted by molar-refractivity contribution is -0.384. The molecule has 0 aliphatic heterocycles. The van der Waals surface area contributed by atoms with Gasteiger partial charge in [0.2, 0.25) is 23.6 Å². The van der Waals surface area contributed by atoms with Crippen LogP contribution in [-0.4, -0.2) is 123 Å². The standard InChI is InChI=1S/C45H58Cl2N12O12/c46-38(47)42(66)58-34(37(62)28-15-17-29(18-16-28)59(69)70)25-71-36(61)20-19-35(60)54-32(23-26-9-3-1-4-10-26)40(64)57-33(24-27-11-5-2-6-12-27)41(65)55-30(13-7-21-52-44(48)49)39(63)56-31(43(67)68)14-8-22-53-45(50)51/h1-6,9-12,15-18,30-34,37-38,62H,7-8,13-14,19-25H2,(H,54,60)(H,55,65)(H,56,63)(H,57,64)(H,58,66)(H,67,68)(H4,48,49,52)(H4,50,51,53)/t30-,31-,32-,33-,34-,37-/m1/s1. The molecule has 0 fully saturated rings. The lowest BCUT2D eigenvalue weighted by Crippen LogP contribution is -2.58. The first-order chi connectivity index (χ1) is 33.7. The van der Waals surface area contributed by atoms with E-state index in [-0.39, 0.29) is 74.8 Å². The zero-order valence-electron chi connectivity index (χ0n) is 38.3. The summed E-state index contributed by atoms with van der Waals surface area (Å²) in [4.78, 5) is 110. The van der Waals surface area contributed by atoms with Crippen LogP contribution in [-0.2, 0) is 51.1 Å².